The fraction of sp³-hybridized carbons (Fsp3) is 0.556. The molecule has 0 aromatic heterocycles. The van der Waals surface area contributed by atoms with Gasteiger partial charge in [0, 0.05) is 99.2 Å². The highest BCUT2D eigenvalue weighted by atomic mass is 32.2. The van der Waals surface area contributed by atoms with Crippen LogP contribution >= 0.6 is 11.9 Å². The normalized spacial score (nSPS) is 23.0. The van der Waals surface area contributed by atoms with Crippen molar-refractivity contribution < 1.29 is 23.9 Å². The van der Waals surface area contributed by atoms with Crippen LogP contribution in [-0.2, 0) is 20.9 Å². The molecule has 4 saturated heterocycles. The highest BCUT2D eigenvalue weighted by molar-refractivity contribution is 7.97. The van der Waals surface area contributed by atoms with Crippen LogP contribution in [0, 0.1) is 0 Å². The number of piperidine rings is 2. The van der Waals surface area contributed by atoms with Gasteiger partial charge in [0.1, 0.15) is 11.6 Å². The summed E-state index contributed by atoms with van der Waals surface area (Å²) in [5.74, 6) is -0.780. The molecular formula is C36H47N7O5S. The summed E-state index contributed by atoms with van der Waals surface area (Å²) in [4.78, 5) is 59.5. The van der Waals surface area contributed by atoms with Gasteiger partial charge < -0.3 is 24.8 Å². The van der Waals surface area contributed by atoms with E-state index < -0.39 is 11.6 Å². The zero-order chi connectivity index (χ0) is 34.3. The van der Waals surface area contributed by atoms with Crippen molar-refractivity contribution in [2.75, 3.05) is 62.2 Å². The van der Waals surface area contributed by atoms with Crippen LogP contribution in [0.2, 0.25) is 0 Å². The molecule has 2 N–H and O–H groups in total. The molecule has 5 aliphatic rings. The van der Waals surface area contributed by atoms with Crippen LogP contribution in [0.15, 0.2) is 47.4 Å². The summed E-state index contributed by atoms with van der Waals surface area (Å²) < 4.78 is 7.81. The molecule has 4 amide bonds. The Balaban J connectivity index is 0.853. The average Bonchev–Trinajstić information content (AvgIpc) is 3.36. The number of imide groups is 1. The highest BCUT2D eigenvalue weighted by Crippen LogP contribution is 2.34. The second-order valence-electron chi connectivity index (χ2n) is 14.8. The number of ether oxygens (including phenoxy) is 1. The van der Waals surface area contributed by atoms with E-state index in [0.717, 1.165) is 76.5 Å². The van der Waals surface area contributed by atoms with Gasteiger partial charge in [0.25, 0.3) is 5.91 Å². The van der Waals surface area contributed by atoms with Crippen molar-refractivity contribution in [1.82, 2.24) is 24.7 Å². The number of hydrogen-bond acceptors (Lipinski definition) is 10. The van der Waals surface area contributed by atoms with Crippen LogP contribution in [0.4, 0.5) is 16.2 Å². The number of hydrogen-bond donors (Lipinski definition) is 2. The molecule has 0 spiro atoms. The van der Waals surface area contributed by atoms with Gasteiger partial charge in [-0.1, -0.05) is 6.07 Å². The minimum absolute atomic E-state index is 0.131. The van der Waals surface area contributed by atoms with E-state index in [1.165, 1.54) is 10.6 Å². The second-order valence-corrected chi connectivity index (χ2v) is 15.9. The summed E-state index contributed by atoms with van der Waals surface area (Å²) in [7, 11) is 0. The molecule has 5 heterocycles. The van der Waals surface area contributed by atoms with Crippen LogP contribution in [0.1, 0.15) is 62.4 Å². The molecule has 4 fully saturated rings. The van der Waals surface area contributed by atoms with Crippen molar-refractivity contribution in [3.05, 3.63) is 53.6 Å². The van der Waals surface area contributed by atoms with Crippen LogP contribution in [0.5, 0.6) is 0 Å². The van der Waals surface area contributed by atoms with E-state index in [1.54, 1.807) is 16.8 Å². The van der Waals surface area contributed by atoms with Gasteiger partial charge in [-0.05, 0) is 93.9 Å². The van der Waals surface area contributed by atoms with Gasteiger partial charge in [0.05, 0.1) is 0 Å². The number of fused-ring (bicyclic) bond motifs is 1. The molecule has 262 valence electrons. The molecule has 7 rings (SSSR count). The summed E-state index contributed by atoms with van der Waals surface area (Å²) in [5, 5.41) is 5.40. The Morgan fingerprint density at radius 2 is 1.63 bits per heavy atom. The predicted molar refractivity (Wildman–Crippen MR) is 189 cm³/mol. The number of nitrogens with zero attached hydrogens (tertiary/aromatic N) is 5. The van der Waals surface area contributed by atoms with Crippen molar-refractivity contribution >= 4 is 47.1 Å². The summed E-state index contributed by atoms with van der Waals surface area (Å²) in [5.41, 5.74) is 3.49. The molecule has 0 radical (unpaired) electrons. The zero-order valence-corrected chi connectivity index (χ0v) is 29.5. The molecule has 13 heteroatoms. The number of nitrogens with one attached hydrogen (secondary N) is 2. The molecule has 1 atom stereocenters. The van der Waals surface area contributed by atoms with Crippen LogP contribution < -0.4 is 20.4 Å². The average molecular weight is 690 g/mol. The second kappa shape index (κ2) is 13.8. The minimum atomic E-state index is -0.589. The Morgan fingerprint density at radius 1 is 0.898 bits per heavy atom. The van der Waals surface area contributed by atoms with E-state index in [9.17, 15) is 19.2 Å². The number of carbonyl (C=O) groups excluding carboxylic acids is 4. The van der Waals surface area contributed by atoms with Gasteiger partial charge in [0.15, 0.2) is 0 Å². The van der Waals surface area contributed by atoms with E-state index in [-0.39, 0.29) is 36.3 Å². The third-order valence-electron chi connectivity index (χ3n) is 10.2. The van der Waals surface area contributed by atoms with Gasteiger partial charge in [0.2, 0.25) is 11.8 Å². The number of carbonyl (C=O) groups is 4. The van der Waals surface area contributed by atoms with E-state index >= 15 is 0 Å². The molecule has 12 nitrogen and oxygen atoms in total. The Hall–Kier alpha value is -3.81. The maximum absolute atomic E-state index is 13.1. The number of benzene rings is 2. The highest BCUT2D eigenvalue weighted by Gasteiger charge is 2.40. The Morgan fingerprint density at radius 3 is 2.35 bits per heavy atom. The first-order chi connectivity index (χ1) is 23.5. The fourth-order valence-electron chi connectivity index (χ4n) is 7.45. The summed E-state index contributed by atoms with van der Waals surface area (Å²) in [6.45, 7) is 13.8. The molecule has 1 unspecified atom stereocenters. The molecule has 49 heavy (non-hydrogen) atoms. The summed E-state index contributed by atoms with van der Waals surface area (Å²) in [6.07, 6.45) is 2.11. The lowest BCUT2D eigenvalue weighted by Crippen LogP contribution is -2.63. The zero-order valence-electron chi connectivity index (χ0n) is 28.7. The molecular weight excluding hydrogens is 643 g/mol. The van der Waals surface area contributed by atoms with Crippen LogP contribution in [0.25, 0.3) is 0 Å². The van der Waals surface area contributed by atoms with Gasteiger partial charge in [-0.3, -0.25) is 24.6 Å². The fourth-order valence-corrected chi connectivity index (χ4v) is 8.46. The Labute approximate surface area is 292 Å². The monoisotopic (exact) mass is 689 g/mol. The van der Waals surface area contributed by atoms with Gasteiger partial charge >= 0.3 is 6.09 Å². The third-order valence-corrected chi connectivity index (χ3v) is 11.2. The maximum atomic E-state index is 13.1. The smallest absolute Gasteiger partial charge is 0.407 e. The van der Waals surface area contributed by atoms with Crippen molar-refractivity contribution in [2.45, 2.75) is 81.6 Å². The lowest BCUT2D eigenvalue weighted by molar-refractivity contribution is -0.136. The third kappa shape index (κ3) is 7.68. The first-order valence-electron chi connectivity index (χ1n) is 17.5. The molecule has 2 aromatic rings. The molecule has 0 bridgehead atoms. The quantitative estimate of drug-likeness (QED) is 0.331. The van der Waals surface area contributed by atoms with E-state index in [4.69, 9.17) is 4.74 Å². The lowest BCUT2D eigenvalue weighted by atomic mass is 10.0. The standard InChI is InChI=1S/C36H47N7O5S/c1-36(2,3)48-35(47)37-25-11-13-42(14-12-25)49-29-6-4-5-26(20-29)39-15-17-40(18-16-39)28-22-41(23-28)27-7-8-30-24(19-27)21-43(34(30)46)31-9-10-32(44)38-33(31)45/h4-8,19-20,25,28,31H,9-18,21-23H2,1-3H3,(H,37,47)(H,38,44,45). The lowest BCUT2D eigenvalue weighted by Gasteiger charge is -2.49. The topological polar surface area (TPSA) is 118 Å². The van der Waals surface area contributed by atoms with E-state index in [1.807, 2.05) is 32.9 Å². The summed E-state index contributed by atoms with van der Waals surface area (Å²) in [6, 6.07) is 14.9. The predicted octanol–water partition coefficient (Wildman–Crippen LogP) is 3.45. The van der Waals surface area contributed by atoms with Crippen LogP contribution in [0.3, 0.4) is 0 Å². The molecule has 2 aromatic carbocycles. The first kappa shape index (κ1) is 33.7. The van der Waals surface area contributed by atoms with Gasteiger partial charge in [-0.15, -0.1) is 0 Å². The van der Waals surface area contributed by atoms with Crippen LogP contribution in [-0.4, -0.2) is 114 Å². The van der Waals surface area contributed by atoms with Gasteiger partial charge in [-0.25, -0.2) is 9.10 Å². The van der Waals surface area contributed by atoms with Gasteiger partial charge in [-0.2, -0.15) is 0 Å². The van der Waals surface area contributed by atoms with Crippen molar-refractivity contribution in [3.8, 4) is 0 Å². The van der Waals surface area contributed by atoms with E-state index in [2.05, 4.69) is 60.0 Å². The molecule has 0 saturated carbocycles. The largest absolute Gasteiger partial charge is 0.444 e. The van der Waals surface area contributed by atoms with Crippen molar-refractivity contribution in [2.24, 2.45) is 0 Å². The number of amides is 4. The summed E-state index contributed by atoms with van der Waals surface area (Å²) >= 11 is 1.80. The molecule has 5 aliphatic heterocycles. The number of piperazine rings is 1. The van der Waals surface area contributed by atoms with Crippen molar-refractivity contribution in [3.63, 3.8) is 0 Å². The number of rotatable bonds is 7. The Kier molecular flexibility index (Phi) is 9.51. The first-order valence-corrected chi connectivity index (χ1v) is 18.3. The minimum Gasteiger partial charge on any atom is -0.444 e. The number of alkyl carbamates (subject to hydrolysis) is 1. The van der Waals surface area contributed by atoms with E-state index in [0.29, 0.717) is 24.6 Å². The Bertz CT molecular complexity index is 1590. The van der Waals surface area contributed by atoms with Crippen molar-refractivity contribution in [1.29, 1.82) is 0 Å². The molecule has 0 aliphatic carbocycles. The SMILES string of the molecule is CC(C)(C)OC(=O)NC1CCN(Sc2cccc(N3CCN(C4CN(c5ccc6c(c5)CN(C5CCC(=O)NC5=O)C6=O)C4)CC3)c2)CC1. The maximum Gasteiger partial charge on any atom is 0.407 e. The number of anilines is 2.